The van der Waals surface area contributed by atoms with Crippen LogP contribution in [0.5, 0.6) is 0 Å². The zero-order valence-electron chi connectivity index (χ0n) is 14.1. The molecule has 0 saturated heterocycles. The highest BCUT2D eigenvalue weighted by Crippen LogP contribution is 1.94. The zero-order valence-corrected chi connectivity index (χ0v) is 14.1. The maximum absolute atomic E-state index is 8.82. The molecule has 0 aromatic heterocycles. The topological polar surface area (TPSA) is 154 Å². The number of nitrogens with two attached hydrogens (primary N) is 2. The van der Waals surface area contributed by atoms with Crippen LogP contribution in [-0.4, -0.2) is 101 Å². The summed E-state index contributed by atoms with van der Waals surface area (Å²) in [7, 11) is 0. The standard InChI is InChI=1S/C14H30N4O6/c15-1-5-24-12-18-14(10-22-8-4-20)13(9-21-7-3-19)17-2-6-23-11-16/h19-20H,1-12,15-16H2/b17-13+,18-14+. The normalized spacial score (nSPS) is 12.8. The van der Waals surface area contributed by atoms with Crippen LogP contribution in [-0.2, 0) is 18.9 Å². The van der Waals surface area contributed by atoms with Gasteiger partial charge in [-0.1, -0.05) is 0 Å². The number of hydrogen-bond acceptors (Lipinski definition) is 10. The molecule has 0 spiro atoms. The van der Waals surface area contributed by atoms with Gasteiger partial charge in [-0.15, -0.1) is 0 Å². The third-order valence-electron chi connectivity index (χ3n) is 2.55. The number of hydrogen-bond donors (Lipinski definition) is 4. The fraction of sp³-hybridized carbons (Fsp3) is 0.857. The molecule has 10 heteroatoms. The van der Waals surface area contributed by atoms with Crippen LogP contribution in [0.15, 0.2) is 9.98 Å². The molecule has 0 rings (SSSR count). The summed E-state index contributed by atoms with van der Waals surface area (Å²) in [6.07, 6.45) is 0. The van der Waals surface area contributed by atoms with Crippen LogP contribution < -0.4 is 11.5 Å². The van der Waals surface area contributed by atoms with Gasteiger partial charge in [-0.05, 0) is 0 Å². The lowest BCUT2D eigenvalue weighted by molar-refractivity contribution is 0.113. The summed E-state index contributed by atoms with van der Waals surface area (Å²) in [4.78, 5) is 8.69. The molecule has 142 valence electrons. The fourth-order valence-corrected chi connectivity index (χ4v) is 1.51. The Morgan fingerprint density at radius 3 is 1.92 bits per heavy atom. The Bertz CT molecular complexity index is 309. The molecule has 0 aliphatic rings. The summed E-state index contributed by atoms with van der Waals surface area (Å²) in [5, 5.41) is 17.6. The number of aliphatic imine (C=N–C) groups is 2. The van der Waals surface area contributed by atoms with E-state index in [1.807, 2.05) is 0 Å². The third-order valence-corrected chi connectivity index (χ3v) is 2.55. The number of nitrogens with zero attached hydrogens (tertiary/aromatic N) is 2. The van der Waals surface area contributed by atoms with Gasteiger partial charge in [0.15, 0.2) is 0 Å². The molecule has 0 radical (unpaired) electrons. The largest absolute Gasteiger partial charge is 0.394 e. The van der Waals surface area contributed by atoms with Crippen molar-refractivity contribution in [1.29, 1.82) is 0 Å². The molecule has 24 heavy (non-hydrogen) atoms. The first kappa shape index (κ1) is 23.0. The summed E-state index contributed by atoms with van der Waals surface area (Å²) < 4.78 is 20.9. The van der Waals surface area contributed by atoms with Gasteiger partial charge in [-0.3, -0.25) is 9.98 Å². The Morgan fingerprint density at radius 2 is 1.38 bits per heavy atom. The van der Waals surface area contributed by atoms with Crippen LogP contribution in [0, 0.1) is 0 Å². The number of aliphatic hydroxyl groups is 2. The predicted molar refractivity (Wildman–Crippen MR) is 90.4 cm³/mol. The zero-order chi connectivity index (χ0) is 17.9. The van der Waals surface area contributed by atoms with Gasteiger partial charge < -0.3 is 40.6 Å². The van der Waals surface area contributed by atoms with Gasteiger partial charge in [0, 0.05) is 6.54 Å². The summed E-state index contributed by atoms with van der Waals surface area (Å²) in [6, 6.07) is 0. The van der Waals surface area contributed by atoms with E-state index in [9.17, 15) is 0 Å². The fourth-order valence-electron chi connectivity index (χ4n) is 1.51. The molecular formula is C14H30N4O6. The molecule has 0 amide bonds. The smallest absolute Gasteiger partial charge is 0.137 e. The maximum Gasteiger partial charge on any atom is 0.137 e. The van der Waals surface area contributed by atoms with E-state index < -0.39 is 0 Å². The molecule has 0 aliphatic carbocycles. The van der Waals surface area contributed by atoms with Gasteiger partial charge in [-0.2, -0.15) is 0 Å². The first-order chi connectivity index (χ1) is 11.8. The van der Waals surface area contributed by atoms with Crippen LogP contribution in [0.1, 0.15) is 0 Å². The maximum atomic E-state index is 8.82. The molecule has 0 fully saturated rings. The van der Waals surface area contributed by atoms with Gasteiger partial charge in [0.1, 0.15) is 6.73 Å². The lowest BCUT2D eigenvalue weighted by Crippen LogP contribution is -2.28. The number of rotatable bonds is 17. The molecule has 0 aliphatic heterocycles. The van der Waals surface area contributed by atoms with E-state index in [-0.39, 0.29) is 53.1 Å². The molecule has 10 nitrogen and oxygen atoms in total. The third kappa shape index (κ3) is 13.5. The van der Waals surface area contributed by atoms with Crippen LogP contribution in [0.4, 0.5) is 0 Å². The summed E-state index contributed by atoms with van der Waals surface area (Å²) in [5.41, 5.74) is 11.7. The van der Waals surface area contributed by atoms with Crippen molar-refractivity contribution in [1.82, 2.24) is 0 Å². The number of aliphatic hydroxyl groups excluding tert-OH is 2. The summed E-state index contributed by atoms with van der Waals surface area (Å²) >= 11 is 0. The van der Waals surface area contributed by atoms with Gasteiger partial charge in [0.05, 0.1) is 77.6 Å². The summed E-state index contributed by atoms with van der Waals surface area (Å²) in [6.45, 7) is 2.32. The van der Waals surface area contributed by atoms with E-state index in [4.69, 9.17) is 40.6 Å². The highest BCUT2D eigenvalue weighted by Gasteiger charge is 2.10. The van der Waals surface area contributed by atoms with Crippen molar-refractivity contribution in [2.45, 2.75) is 0 Å². The minimum atomic E-state index is -0.0885. The van der Waals surface area contributed by atoms with Crippen molar-refractivity contribution in [3.05, 3.63) is 0 Å². The van der Waals surface area contributed by atoms with Crippen LogP contribution in [0.3, 0.4) is 0 Å². The van der Waals surface area contributed by atoms with Gasteiger partial charge in [0.2, 0.25) is 0 Å². The second-order valence-corrected chi connectivity index (χ2v) is 4.39. The second-order valence-electron chi connectivity index (χ2n) is 4.39. The molecule has 0 atom stereocenters. The average molecular weight is 350 g/mol. The van der Waals surface area contributed by atoms with E-state index in [1.54, 1.807) is 0 Å². The average Bonchev–Trinajstić information content (AvgIpc) is 2.59. The minimum Gasteiger partial charge on any atom is -0.394 e. The Labute approximate surface area is 142 Å². The monoisotopic (exact) mass is 350 g/mol. The quantitative estimate of drug-likeness (QED) is 0.130. The highest BCUT2D eigenvalue weighted by atomic mass is 16.5. The van der Waals surface area contributed by atoms with Gasteiger partial charge in [0.25, 0.3) is 0 Å². The Hall–Kier alpha value is -0.980. The molecule has 0 aromatic rings. The van der Waals surface area contributed by atoms with E-state index in [0.29, 0.717) is 37.7 Å². The molecule has 6 N–H and O–H groups in total. The van der Waals surface area contributed by atoms with Crippen molar-refractivity contribution in [3.8, 4) is 0 Å². The van der Waals surface area contributed by atoms with Crippen molar-refractivity contribution >= 4 is 11.4 Å². The Balaban J connectivity index is 4.82. The lowest BCUT2D eigenvalue weighted by atomic mass is 10.2. The van der Waals surface area contributed by atoms with Crippen LogP contribution in [0.25, 0.3) is 0 Å². The summed E-state index contributed by atoms with van der Waals surface area (Å²) in [5.74, 6) is 0. The minimum absolute atomic E-state index is 0.0866. The first-order valence-corrected chi connectivity index (χ1v) is 7.80. The Kier molecular flexibility index (Phi) is 17.6. The van der Waals surface area contributed by atoms with Crippen molar-refractivity contribution in [2.75, 3.05) is 79.4 Å². The molecule has 0 bridgehead atoms. The highest BCUT2D eigenvalue weighted by molar-refractivity contribution is 6.43. The van der Waals surface area contributed by atoms with Crippen molar-refractivity contribution in [2.24, 2.45) is 21.5 Å². The van der Waals surface area contributed by atoms with E-state index in [1.165, 1.54) is 0 Å². The van der Waals surface area contributed by atoms with Crippen molar-refractivity contribution < 1.29 is 29.2 Å². The van der Waals surface area contributed by atoms with Crippen molar-refractivity contribution in [3.63, 3.8) is 0 Å². The molecule has 0 aromatic carbocycles. The molecule has 0 heterocycles. The molecule has 0 saturated carbocycles. The van der Waals surface area contributed by atoms with Crippen LogP contribution >= 0.6 is 0 Å². The second kappa shape index (κ2) is 18.4. The Morgan fingerprint density at radius 1 is 0.750 bits per heavy atom. The number of ether oxygens (including phenoxy) is 4. The predicted octanol–water partition coefficient (Wildman–Crippen LogP) is -2.25. The van der Waals surface area contributed by atoms with Gasteiger partial charge in [-0.25, -0.2) is 0 Å². The van der Waals surface area contributed by atoms with E-state index >= 15 is 0 Å². The first-order valence-electron chi connectivity index (χ1n) is 7.80. The van der Waals surface area contributed by atoms with Gasteiger partial charge >= 0.3 is 0 Å². The van der Waals surface area contributed by atoms with Crippen LogP contribution in [0.2, 0.25) is 0 Å². The van der Waals surface area contributed by atoms with E-state index in [2.05, 4.69) is 9.98 Å². The molecular weight excluding hydrogens is 320 g/mol. The lowest BCUT2D eigenvalue weighted by Gasteiger charge is -2.12. The molecule has 0 unspecified atom stereocenters. The SMILES string of the molecule is NCCOC/N=C(COCCO)/C(COCCO)=N/CCOCN. The van der Waals surface area contributed by atoms with E-state index in [0.717, 1.165) is 0 Å².